The fourth-order valence-electron chi connectivity index (χ4n) is 5.85. The van der Waals surface area contributed by atoms with E-state index in [0.29, 0.717) is 30.3 Å². The van der Waals surface area contributed by atoms with Gasteiger partial charge in [-0.3, -0.25) is 14.5 Å². The molecule has 0 spiro atoms. The number of pyridine rings is 1. The summed E-state index contributed by atoms with van der Waals surface area (Å²) in [5.74, 6) is 0.487. The number of benzene rings is 1. The number of anilines is 1. The SMILES string of the molecule is CC(C)NC(=O)C1CCC(N2C(=NC(=O)c3ccc(F)cc3)Cc3cnc(OCCCN4CCOCC4)cc32)CC1. The summed E-state index contributed by atoms with van der Waals surface area (Å²) >= 11 is 0. The summed E-state index contributed by atoms with van der Waals surface area (Å²) in [6.45, 7) is 8.92. The van der Waals surface area contributed by atoms with Crippen LogP contribution in [0, 0.1) is 11.7 Å². The van der Waals surface area contributed by atoms with Crippen molar-refractivity contribution in [2.75, 3.05) is 44.4 Å². The molecule has 1 aliphatic carbocycles. The zero-order valence-corrected chi connectivity index (χ0v) is 24.0. The number of carbonyl (C=O) groups excluding carboxylic acids is 2. The second-order valence-corrected chi connectivity index (χ2v) is 11.4. The number of fused-ring (bicyclic) bond motifs is 1. The molecule has 0 radical (unpaired) electrons. The van der Waals surface area contributed by atoms with Gasteiger partial charge in [-0.1, -0.05) is 0 Å². The van der Waals surface area contributed by atoms with E-state index in [1.807, 2.05) is 26.1 Å². The summed E-state index contributed by atoms with van der Waals surface area (Å²) in [7, 11) is 0. The van der Waals surface area contributed by atoms with E-state index in [-0.39, 0.29) is 23.9 Å². The number of ether oxygens (including phenoxy) is 2. The van der Waals surface area contributed by atoms with Gasteiger partial charge in [0.25, 0.3) is 5.91 Å². The quantitative estimate of drug-likeness (QED) is 0.459. The number of carbonyl (C=O) groups is 2. The highest BCUT2D eigenvalue weighted by Gasteiger charge is 2.36. The van der Waals surface area contributed by atoms with Crippen molar-refractivity contribution in [1.29, 1.82) is 0 Å². The first kappa shape index (κ1) is 29.1. The lowest BCUT2D eigenvalue weighted by Crippen LogP contribution is -2.44. The Kier molecular flexibility index (Phi) is 9.61. The van der Waals surface area contributed by atoms with Gasteiger partial charge < -0.3 is 19.7 Å². The number of hydrogen-bond acceptors (Lipinski definition) is 6. The maximum Gasteiger partial charge on any atom is 0.278 e. The monoisotopic (exact) mass is 565 g/mol. The molecule has 0 bridgehead atoms. The minimum Gasteiger partial charge on any atom is -0.478 e. The van der Waals surface area contributed by atoms with Crippen molar-refractivity contribution in [3.05, 3.63) is 53.5 Å². The van der Waals surface area contributed by atoms with Crippen molar-refractivity contribution in [2.24, 2.45) is 10.9 Å². The molecule has 5 rings (SSSR count). The van der Waals surface area contributed by atoms with Crippen molar-refractivity contribution in [1.82, 2.24) is 15.2 Å². The van der Waals surface area contributed by atoms with Gasteiger partial charge in [0.2, 0.25) is 11.8 Å². The predicted molar refractivity (Wildman–Crippen MR) is 155 cm³/mol. The highest BCUT2D eigenvalue weighted by atomic mass is 19.1. The van der Waals surface area contributed by atoms with Crippen molar-refractivity contribution in [3.63, 3.8) is 0 Å². The van der Waals surface area contributed by atoms with Crippen LogP contribution in [0.1, 0.15) is 61.9 Å². The summed E-state index contributed by atoms with van der Waals surface area (Å²) in [4.78, 5) is 39.3. The Hall–Kier alpha value is -3.37. The second-order valence-electron chi connectivity index (χ2n) is 11.4. The lowest BCUT2D eigenvalue weighted by atomic mass is 9.84. The number of amides is 2. The van der Waals surface area contributed by atoms with E-state index in [1.54, 1.807) is 0 Å². The Morgan fingerprint density at radius 3 is 2.59 bits per heavy atom. The first-order valence-electron chi connectivity index (χ1n) is 14.8. The van der Waals surface area contributed by atoms with Gasteiger partial charge in [-0.05, 0) is 70.2 Å². The predicted octanol–water partition coefficient (Wildman–Crippen LogP) is 4.01. The van der Waals surface area contributed by atoms with Gasteiger partial charge >= 0.3 is 0 Å². The Labute approximate surface area is 241 Å². The number of amidine groups is 1. The first-order valence-corrected chi connectivity index (χ1v) is 14.8. The van der Waals surface area contributed by atoms with Crippen LogP contribution in [-0.2, 0) is 16.0 Å². The lowest BCUT2D eigenvalue weighted by molar-refractivity contribution is -0.126. The van der Waals surface area contributed by atoms with Gasteiger partial charge in [0.05, 0.1) is 25.5 Å². The molecule has 3 heterocycles. The van der Waals surface area contributed by atoms with Crippen LogP contribution in [0.25, 0.3) is 0 Å². The van der Waals surface area contributed by atoms with Crippen LogP contribution < -0.4 is 15.0 Å². The number of halogens is 1. The van der Waals surface area contributed by atoms with Gasteiger partial charge in [-0.2, -0.15) is 4.99 Å². The minimum atomic E-state index is -0.407. The van der Waals surface area contributed by atoms with E-state index in [0.717, 1.165) is 76.2 Å². The molecule has 220 valence electrons. The molecule has 1 N–H and O–H groups in total. The molecule has 0 unspecified atom stereocenters. The Morgan fingerprint density at radius 2 is 1.88 bits per heavy atom. The lowest BCUT2D eigenvalue weighted by Gasteiger charge is -2.36. The van der Waals surface area contributed by atoms with E-state index < -0.39 is 11.7 Å². The smallest absolute Gasteiger partial charge is 0.278 e. The molecule has 0 atom stereocenters. The Balaban J connectivity index is 1.31. The molecular weight excluding hydrogens is 525 g/mol. The number of aromatic nitrogens is 1. The molecule has 41 heavy (non-hydrogen) atoms. The first-order chi connectivity index (χ1) is 19.9. The molecule has 1 aromatic heterocycles. The van der Waals surface area contributed by atoms with Crippen LogP contribution in [0.3, 0.4) is 0 Å². The third-order valence-electron chi connectivity index (χ3n) is 7.98. The molecule has 3 aliphatic rings. The van der Waals surface area contributed by atoms with Gasteiger partial charge in [0.1, 0.15) is 11.7 Å². The average molecular weight is 566 g/mol. The third kappa shape index (κ3) is 7.48. The summed E-state index contributed by atoms with van der Waals surface area (Å²) in [5, 5.41) is 3.04. The standard InChI is InChI=1S/C31H40FN5O4/c1-21(2)34-30(38)23-6-10-26(11-7-23)37-27-19-29(41-15-3-12-36-13-16-40-17-14-36)33-20-24(27)18-28(37)35-31(39)22-4-8-25(32)9-5-22/h4-5,8-9,19-21,23,26H,3,6-7,10-18H2,1-2H3,(H,34,38). The summed E-state index contributed by atoms with van der Waals surface area (Å²) in [5.41, 5.74) is 2.27. The number of nitrogens with one attached hydrogen (secondary N) is 1. The maximum atomic E-state index is 13.4. The molecule has 2 aromatic rings. The minimum absolute atomic E-state index is 0.0141. The number of hydrogen-bond donors (Lipinski definition) is 1. The highest BCUT2D eigenvalue weighted by Crippen LogP contribution is 2.38. The van der Waals surface area contributed by atoms with Crippen LogP contribution in [0.2, 0.25) is 0 Å². The average Bonchev–Trinajstić information content (AvgIpc) is 3.33. The van der Waals surface area contributed by atoms with E-state index >= 15 is 0 Å². The number of rotatable bonds is 9. The number of morpholine rings is 1. The molecule has 2 amide bonds. The highest BCUT2D eigenvalue weighted by molar-refractivity contribution is 6.12. The molecule has 10 heteroatoms. The van der Waals surface area contributed by atoms with E-state index in [4.69, 9.17) is 9.47 Å². The molecule has 2 aliphatic heterocycles. The molecule has 9 nitrogen and oxygen atoms in total. The van der Waals surface area contributed by atoms with E-state index in [9.17, 15) is 14.0 Å². The number of aliphatic imine (C=N–C) groups is 1. The fourth-order valence-corrected chi connectivity index (χ4v) is 5.85. The third-order valence-corrected chi connectivity index (χ3v) is 7.98. The maximum absolute atomic E-state index is 13.4. The van der Waals surface area contributed by atoms with Gasteiger partial charge in [0, 0.05) is 67.4 Å². The summed E-state index contributed by atoms with van der Waals surface area (Å²) in [6.07, 6.45) is 6.32. The summed E-state index contributed by atoms with van der Waals surface area (Å²) < 4.78 is 24.9. The molecule has 1 aromatic carbocycles. The van der Waals surface area contributed by atoms with Crippen molar-refractivity contribution >= 4 is 23.3 Å². The number of nitrogens with zero attached hydrogens (tertiary/aromatic N) is 4. The molecular formula is C31H40FN5O4. The van der Waals surface area contributed by atoms with Crippen LogP contribution in [0.5, 0.6) is 5.88 Å². The van der Waals surface area contributed by atoms with Crippen molar-refractivity contribution < 1.29 is 23.5 Å². The molecule has 1 saturated heterocycles. The topological polar surface area (TPSA) is 96.4 Å². The van der Waals surface area contributed by atoms with Gasteiger partial charge in [0.15, 0.2) is 0 Å². The molecule has 2 fully saturated rings. The van der Waals surface area contributed by atoms with Gasteiger partial charge in [-0.15, -0.1) is 0 Å². The van der Waals surface area contributed by atoms with Gasteiger partial charge in [-0.25, -0.2) is 9.37 Å². The fraction of sp³-hybridized carbons (Fsp3) is 0.548. The largest absolute Gasteiger partial charge is 0.478 e. The Bertz CT molecular complexity index is 1240. The summed E-state index contributed by atoms with van der Waals surface area (Å²) in [6, 6.07) is 7.60. The van der Waals surface area contributed by atoms with Crippen LogP contribution >= 0.6 is 0 Å². The van der Waals surface area contributed by atoms with Crippen LogP contribution in [-0.4, -0.2) is 79.1 Å². The zero-order chi connectivity index (χ0) is 28.8. The van der Waals surface area contributed by atoms with Crippen LogP contribution in [0.4, 0.5) is 10.1 Å². The van der Waals surface area contributed by atoms with E-state index in [2.05, 4.69) is 25.1 Å². The van der Waals surface area contributed by atoms with Crippen molar-refractivity contribution in [2.45, 2.75) is 64.5 Å². The van der Waals surface area contributed by atoms with Crippen LogP contribution in [0.15, 0.2) is 41.5 Å². The second kappa shape index (κ2) is 13.5. The van der Waals surface area contributed by atoms with Crippen molar-refractivity contribution in [3.8, 4) is 5.88 Å². The zero-order valence-electron chi connectivity index (χ0n) is 24.0. The normalized spacial score (nSPS) is 22.1. The molecule has 1 saturated carbocycles. The Morgan fingerprint density at radius 1 is 1.15 bits per heavy atom. The van der Waals surface area contributed by atoms with E-state index in [1.165, 1.54) is 24.3 Å².